The van der Waals surface area contributed by atoms with Crippen LogP contribution in [0.25, 0.3) is 44.6 Å². The van der Waals surface area contributed by atoms with Crippen LogP contribution in [0.4, 0.5) is 0 Å². The van der Waals surface area contributed by atoms with E-state index in [4.69, 9.17) is 9.40 Å². The van der Waals surface area contributed by atoms with Crippen LogP contribution in [0.15, 0.2) is 95.5 Å². The van der Waals surface area contributed by atoms with Crippen molar-refractivity contribution in [3.8, 4) is 22.5 Å². The zero-order chi connectivity index (χ0) is 26.0. The Kier molecular flexibility index (Phi) is 8.42. The first-order chi connectivity index (χ1) is 17.8. The van der Waals surface area contributed by atoms with Crippen LogP contribution >= 0.6 is 0 Å². The molecule has 0 saturated heterocycles. The molecule has 0 bridgehead atoms. The number of aromatic nitrogens is 2. The van der Waals surface area contributed by atoms with Crippen LogP contribution in [0.1, 0.15) is 11.1 Å². The number of hydrogen-bond donors (Lipinski definition) is 0. The number of rotatable bonds is 3. The Morgan fingerprint density at radius 3 is 2.21 bits per heavy atom. The van der Waals surface area contributed by atoms with E-state index in [1.165, 1.54) is 16.3 Å². The van der Waals surface area contributed by atoms with Crippen molar-refractivity contribution in [2.75, 3.05) is 0 Å². The molecule has 0 aliphatic carbocycles. The van der Waals surface area contributed by atoms with Crippen LogP contribution in [0.3, 0.4) is 0 Å². The van der Waals surface area contributed by atoms with Gasteiger partial charge in [0, 0.05) is 37.1 Å². The molecule has 0 aliphatic rings. The van der Waals surface area contributed by atoms with E-state index in [0.717, 1.165) is 38.9 Å². The van der Waals surface area contributed by atoms with Gasteiger partial charge in [0.15, 0.2) is 0 Å². The summed E-state index contributed by atoms with van der Waals surface area (Å²) in [4.78, 5) is 9.07. The molecule has 1 radical (unpaired) electrons. The van der Waals surface area contributed by atoms with Crippen molar-refractivity contribution in [3.05, 3.63) is 114 Å². The molecule has 0 saturated carbocycles. The smallest absolute Gasteiger partial charge is 0.218 e. The standard InChI is InChI=1S/C20H18NOSi.C13H12N.Ir/c1-23(2,3)15-8-6-7-14(13-15)18-12-11-17-16-9-4-5-10-19(16)22-20(17)21-18;1-10-3-6-12(7-4-10)13-8-5-11(2)9-14-13;/h4-6,8-13H,1-3H3;3-6,8-9H,1-2H3;/q2*-1;. The third-order valence-electron chi connectivity index (χ3n) is 6.34. The summed E-state index contributed by atoms with van der Waals surface area (Å²) in [6.07, 6.45) is 1.88. The first-order valence-corrected chi connectivity index (χ1v) is 16.0. The maximum absolute atomic E-state index is 5.90. The number of furan rings is 1. The zero-order valence-electron chi connectivity index (χ0n) is 22.3. The Labute approximate surface area is 239 Å². The van der Waals surface area contributed by atoms with Gasteiger partial charge in [-0.15, -0.1) is 70.4 Å². The van der Waals surface area contributed by atoms with E-state index in [1.807, 2.05) is 55.6 Å². The van der Waals surface area contributed by atoms with E-state index >= 15 is 0 Å². The molecule has 3 nitrogen and oxygen atoms in total. The fraction of sp³-hybridized carbons (Fsp3) is 0.152. The summed E-state index contributed by atoms with van der Waals surface area (Å²) in [5.74, 6) is 0. The van der Waals surface area contributed by atoms with Crippen LogP contribution < -0.4 is 5.19 Å². The minimum absolute atomic E-state index is 0. The van der Waals surface area contributed by atoms with Gasteiger partial charge in [-0.2, -0.15) is 0 Å². The molecule has 0 unspecified atom stereocenters. The number of nitrogens with zero attached hydrogens (tertiary/aromatic N) is 2. The predicted molar refractivity (Wildman–Crippen MR) is 157 cm³/mol. The Morgan fingerprint density at radius 2 is 1.50 bits per heavy atom. The Morgan fingerprint density at radius 1 is 0.737 bits per heavy atom. The largest absolute Gasteiger partial charge is 0.439 e. The summed E-state index contributed by atoms with van der Waals surface area (Å²) in [6, 6.07) is 35.3. The minimum atomic E-state index is -1.35. The van der Waals surface area contributed by atoms with Crippen LogP contribution in [-0.2, 0) is 20.1 Å². The van der Waals surface area contributed by atoms with Crippen LogP contribution in [0, 0.1) is 26.0 Å². The predicted octanol–water partition coefficient (Wildman–Crippen LogP) is 8.16. The first-order valence-electron chi connectivity index (χ1n) is 12.5. The molecular weight excluding hydrogens is 661 g/mol. The fourth-order valence-corrected chi connectivity index (χ4v) is 5.29. The molecule has 3 heterocycles. The third-order valence-corrected chi connectivity index (χ3v) is 8.39. The number of benzene rings is 3. The summed E-state index contributed by atoms with van der Waals surface area (Å²) < 4.78 is 5.90. The molecule has 6 rings (SSSR count). The average molecular weight is 691 g/mol. The molecule has 3 aromatic heterocycles. The second-order valence-corrected chi connectivity index (χ2v) is 15.5. The van der Waals surface area contributed by atoms with Gasteiger partial charge in [0.1, 0.15) is 5.58 Å². The SMILES string of the molecule is C[Si](C)(C)c1cc[c-]c(-c2ccc3c(n2)oc2ccccc23)c1.Cc1c[c-]c(-c2ccc(C)cn2)cc1.[Ir]. The molecule has 3 aromatic carbocycles. The Hall–Kier alpha value is -3.37. The Balaban J connectivity index is 0.000000193. The average Bonchev–Trinajstić information content (AvgIpc) is 3.28. The summed E-state index contributed by atoms with van der Waals surface area (Å²) >= 11 is 0. The van der Waals surface area contributed by atoms with Gasteiger partial charge in [0.2, 0.25) is 5.71 Å². The molecule has 0 N–H and O–H groups in total. The molecule has 0 amide bonds. The maximum atomic E-state index is 5.90. The second kappa shape index (κ2) is 11.6. The normalized spacial score (nSPS) is 11.1. The third kappa shape index (κ3) is 6.19. The summed E-state index contributed by atoms with van der Waals surface area (Å²) in [7, 11) is -1.35. The number of fused-ring (bicyclic) bond motifs is 3. The second-order valence-electron chi connectivity index (χ2n) is 10.4. The molecule has 0 spiro atoms. The van der Waals surface area contributed by atoms with Gasteiger partial charge in [-0.1, -0.05) is 69.0 Å². The van der Waals surface area contributed by atoms with E-state index in [2.05, 4.69) is 86.1 Å². The molecule has 0 aliphatic heterocycles. The molecule has 0 atom stereocenters. The van der Waals surface area contributed by atoms with Crippen molar-refractivity contribution in [1.82, 2.24) is 9.97 Å². The van der Waals surface area contributed by atoms with Crippen LogP contribution in [0.2, 0.25) is 19.6 Å². The fourth-order valence-electron chi connectivity index (χ4n) is 4.13. The minimum Gasteiger partial charge on any atom is -0.439 e. The molecule has 6 aromatic rings. The Bertz CT molecular complexity index is 1620. The van der Waals surface area contributed by atoms with E-state index in [-0.39, 0.29) is 20.1 Å². The van der Waals surface area contributed by atoms with Gasteiger partial charge in [-0.05, 0) is 29.9 Å². The van der Waals surface area contributed by atoms with Crippen molar-refractivity contribution in [1.29, 1.82) is 0 Å². The molecule has 5 heteroatoms. The quantitative estimate of drug-likeness (QED) is 0.139. The first kappa shape index (κ1) is 27.7. The number of aryl methyl sites for hydroxylation is 2. The number of para-hydroxylation sites is 1. The van der Waals surface area contributed by atoms with Crippen LogP contribution in [0.5, 0.6) is 0 Å². The number of pyridine rings is 2. The van der Waals surface area contributed by atoms with Crippen molar-refractivity contribution in [2.45, 2.75) is 33.5 Å². The maximum Gasteiger partial charge on any atom is 0.218 e. The van der Waals surface area contributed by atoms with Gasteiger partial charge < -0.3 is 9.40 Å². The van der Waals surface area contributed by atoms with Crippen molar-refractivity contribution >= 4 is 35.3 Å². The topological polar surface area (TPSA) is 38.9 Å². The molecule has 0 fully saturated rings. The number of hydrogen-bond acceptors (Lipinski definition) is 3. The van der Waals surface area contributed by atoms with Gasteiger partial charge >= 0.3 is 0 Å². The monoisotopic (exact) mass is 691 g/mol. The zero-order valence-corrected chi connectivity index (χ0v) is 25.7. The van der Waals surface area contributed by atoms with Crippen molar-refractivity contribution in [3.63, 3.8) is 0 Å². The summed E-state index contributed by atoms with van der Waals surface area (Å²) in [5.41, 5.74) is 7.96. The molecule has 38 heavy (non-hydrogen) atoms. The summed E-state index contributed by atoms with van der Waals surface area (Å²) in [5, 5.41) is 3.59. The van der Waals surface area contributed by atoms with Crippen molar-refractivity contribution in [2.24, 2.45) is 0 Å². The van der Waals surface area contributed by atoms with Gasteiger partial charge in [-0.25, -0.2) is 0 Å². The molecular formula is C33H30IrN2OSi-2. The van der Waals surface area contributed by atoms with E-state index < -0.39 is 8.07 Å². The van der Waals surface area contributed by atoms with Crippen molar-refractivity contribution < 1.29 is 24.5 Å². The summed E-state index contributed by atoms with van der Waals surface area (Å²) in [6.45, 7) is 11.1. The van der Waals surface area contributed by atoms with E-state index in [1.54, 1.807) is 0 Å². The van der Waals surface area contributed by atoms with E-state index in [0.29, 0.717) is 5.71 Å². The van der Waals surface area contributed by atoms with Gasteiger partial charge in [0.25, 0.3) is 0 Å². The van der Waals surface area contributed by atoms with Gasteiger partial charge in [-0.3, -0.25) is 4.98 Å². The molecule has 193 valence electrons. The van der Waals surface area contributed by atoms with Crippen LogP contribution in [-0.4, -0.2) is 18.0 Å². The van der Waals surface area contributed by atoms with E-state index in [9.17, 15) is 0 Å². The van der Waals surface area contributed by atoms with Gasteiger partial charge in [0.05, 0.1) is 8.07 Å².